The second-order valence-corrected chi connectivity index (χ2v) is 8.12. The van der Waals surface area contributed by atoms with Gasteiger partial charge in [0.25, 0.3) is 0 Å². The summed E-state index contributed by atoms with van der Waals surface area (Å²) in [5.41, 5.74) is 3.22. The largest absolute Gasteiger partial charge is 0.494 e. The molecule has 3 aromatic rings. The minimum atomic E-state index is -0.0994. The van der Waals surface area contributed by atoms with Crippen molar-refractivity contribution >= 4 is 40.5 Å². The van der Waals surface area contributed by atoms with Gasteiger partial charge in [0.05, 0.1) is 18.1 Å². The van der Waals surface area contributed by atoms with Crippen LogP contribution < -0.4 is 10.1 Å². The summed E-state index contributed by atoms with van der Waals surface area (Å²) < 4.78 is 5.46. The molecule has 0 spiro atoms. The molecule has 29 heavy (non-hydrogen) atoms. The Hall–Kier alpha value is -2.64. The van der Waals surface area contributed by atoms with Crippen LogP contribution in [0.15, 0.2) is 53.9 Å². The molecular weight excluding hydrogens is 404 g/mol. The highest BCUT2D eigenvalue weighted by Gasteiger charge is 2.08. The number of Topliss-reactive ketones (excluding diaryl/α,β-unsaturated/α-hetero) is 1. The van der Waals surface area contributed by atoms with Crippen molar-refractivity contribution in [3.05, 3.63) is 65.2 Å². The van der Waals surface area contributed by atoms with Crippen LogP contribution in [-0.2, 0) is 10.5 Å². The predicted molar refractivity (Wildman–Crippen MR) is 120 cm³/mol. The van der Waals surface area contributed by atoms with Crippen LogP contribution in [0.1, 0.15) is 29.9 Å². The first-order valence-corrected chi connectivity index (χ1v) is 11.2. The maximum Gasteiger partial charge on any atom is 0.234 e. The quantitative estimate of drug-likeness (QED) is 0.471. The normalized spacial score (nSPS) is 10.6. The Morgan fingerprint density at radius 2 is 1.97 bits per heavy atom. The number of carbonyl (C=O) groups is 2. The molecule has 1 heterocycles. The molecule has 0 bridgehead atoms. The fourth-order valence-corrected chi connectivity index (χ4v) is 4.28. The Morgan fingerprint density at radius 1 is 1.17 bits per heavy atom. The Kier molecular flexibility index (Phi) is 7.43. The maximum absolute atomic E-state index is 12.1. The zero-order valence-electron chi connectivity index (χ0n) is 16.3. The van der Waals surface area contributed by atoms with Crippen LogP contribution in [0.4, 0.5) is 5.69 Å². The molecule has 1 aromatic heterocycles. The molecule has 0 aliphatic rings. The van der Waals surface area contributed by atoms with Crippen molar-refractivity contribution in [2.45, 2.75) is 19.6 Å². The summed E-state index contributed by atoms with van der Waals surface area (Å²) in [7, 11) is 0. The van der Waals surface area contributed by atoms with Crippen LogP contribution in [-0.4, -0.2) is 29.0 Å². The molecule has 1 N–H and O–H groups in total. The number of thiazole rings is 1. The number of rotatable bonds is 9. The van der Waals surface area contributed by atoms with Crippen molar-refractivity contribution in [2.24, 2.45) is 0 Å². The summed E-state index contributed by atoms with van der Waals surface area (Å²) in [4.78, 5) is 28.2. The monoisotopic (exact) mass is 426 g/mol. The minimum Gasteiger partial charge on any atom is -0.494 e. The van der Waals surface area contributed by atoms with Gasteiger partial charge in [-0.15, -0.1) is 23.1 Å². The van der Waals surface area contributed by atoms with E-state index >= 15 is 0 Å². The molecule has 0 saturated carbocycles. The highest BCUT2D eigenvalue weighted by Crippen LogP contribution is 2.27. The number of anilines is 1. The number of ketones is 1. The van der Waals surface area contributed by atoms with E-state index in [1.165, 1.54) is 18.7 Å². The first-order valence-electron chi connectivity index (χ1n) is 9.21. The highest BCUT2D eigenvalue weighted by molar-refractivity contribution is 7.99. The second-order valence-electron chi connectivity index (χ2n) is 6.28. The van der Waals surface area contributed by atoms with Gasteiger partial charge in [0.15, 0.2) is 5.78 Å². The van der Waals surface area contributed by atoms with Crippen LogP contribution >= 0.6 is 23.1 Å². The van der Waals surface area contributed by atoms with Crippen molar-refractivity contribution in [2.75, 3.05) is 17.7 Å². The lowest BCUT2D eigenvalue weighted by atomic mass is 10.1. The molecule has 0 fully saturated rings. The smallest absolute Gasteiger partial charge is 0.234 e. The topological polar surface area (TPSA) is 68.3 Å². The molecular formula is C22H22N2O3S2. The van der Waals surface area contributed by atoms with E-state index in [1.807, 2.05) is 36.6 Å². The number of amides is 1. The Labute approximate surface area is 178 Å². The third kappa shape index (κ3) is 6.17. The standard InChI is InChI=1S/C22H22N2O3S2/c1-3-27-20-9-7-16(8-10-20)22-24-19(13-29-22)12-28-14-21(26)23-18-6-4-5-17(11-18)15(2)25/h4-11,13H,3,12,14H2,1-2H3,(H,23,26). The lowest BCUT2D eigenvalue weighted by Crippen LogP contribution is -2.14. The number of hydrogen-bond donors (Lipinski definition) is 1. The zero-order chi connectivity index (χ0) is 20.6. The van der Waals surface area contributed by atoms with Gasteiger partial charge >= 0.3 is 0 Å². The average Bonchev–Trinajstić information content (AvgIpc) is 3.18. The van der Waals surface area contributed by atoms with Gasteiger partial charge in [-0.25, -0.2) is 4.98 Å². The zero-order valence-corrected chi connectivity index (χ0v) is 17.9. The van der Waals surface area contributed by atoms with E-state index in [0.717, 1.165) is 22.0 Å². The molecule has 0 aliphatic heterocycles. The van der Waals surface area contributed by atoms with E-state index in [2.05, 4.69) is 10.3 Å². The highest BCUT2D eigenvalue weighted by atomic mass is 32.2. The van der Waals surface area contributed by atoms with Gasteiger partial charge in [-0.05, 0) is 50.2 Å². The summed E-state index contributed by atoms with van der Waals surface area (Å²) in [6.07, 6.45) is 0. The first-order chi connectivity index (χ1) is 14.0. The van der Waals surface area contributed by atoms with Crippen LogP contribution in [0.2, 0.25) is 0 Å². The van der Waals surface area contributed by atoms with Gasteiger partial charge < -0.3 is 10.1 Å². The lowest BCUT2D eigenvalue weighted by Gasteiger charge is -2.06. The van der Waals surface area contributed by atoms with Gasteiger partial charge in [-0.3, -0.25) is 9.59 Å². The number of ether oxygens (including phenoxy) is 1. The van der Waals surface area contributed by atoms with Crippen molar-refractivity contribution < 1.29 is 14.3 Å². The van der Waals surface area contributed by atoms with E-state index in [0.29, 0.717) is 29.4 Å². The minimum absolute atomic E-state index is 0.0256. The third-order valence-electron chi connectivity index (χ3n) is 4.00. The third-order valence-corrected chi connectivity index (χ3v) is 5.91. The molecule has 0 radical (unpaired) electrons. The average molecular weight is 427 g/mol. The van der Waals surface area contributed by atoms with Crippen LogP contribution in [0.3, 0.4) is 0 Å². The van der Waals surface area contributed by atoms with E-state index in [1.54, 1.807) is 35.6 Å². The van der Waals surface area contributed by atoms with E-state index in [-0.39, 0.29) is 11.7 Å². The van der Waals surface area contributed by atoms with Crippen molar-refractivity contribution in [3.8, 4) is 16.3 Å². The number of thioether (sulfide) groups is 1. The summed E-state index contributed by atoms with van der Waals surface area (Å²) in [6, 6.07) is 14.9. The molecule has 0 aliphatic carbocycles. The van der Waals surface area contributed by atoms with Crippen molar-refractivity contribution in [1.29, 1.82) is 0 Å². The van der Waals surface area contributed by atoms with Crippen LogP contribution in [0, 0.1) is 0 Å². The molecule has 3 rings (SSSR count). The number of benzene rings is 2. The Morgan fingerprint density at radius 3 is 2.69 bits per heavy atom. The number of hydrogen-bond acceptors (Lipinski definition) is 6. The second kappa shape index (κ2) is 10.2. The molecule has 2 aromatic carbocycles. The molecule has 0 unspecified atom stereocenters. The van der Waals surface area contributed by atoms with E-state index < -0.39 is 0 Å². The van der Waals surface area contributed by atoms with Crippen molar-refractivity contribution in [3.63, 3.8) is 0 Å². The molecule has 150 valence electrons. The summed E-state index contributed by atoms with van der Waals surface area (Å²) in [5.74, 6) is 1.71. The maximum atomic E-state index is 12.1. The fourth-order valence-electron chi connectivity index (χ4n) is 2.63. The van der Waals surface area contributed by atoms with Crippen LogP contribution in [0.5, 0.6) is 5.75 Å². The lowest BCUT2D eigenvalue weighted by molar-refractivity contribution is -0.113. The van der Waals surface area contributed by atoms with E-state index in [4.69, 9.17) is 4.74 Å². The van der Waals surface area contributed by atoms with Crippen LogP contribution in [0.25, 0.3) is 10.6 Å². The van der Waals surface area contributed by atoms with Gasteiger partial charge in [0.1, 0.15) is 10.8 Å². The van der Waals surface area contributed by atoms with Gasteiger partial charge in [-0.2, -0.15) is 0 Å². The fraction of sp³-hybridized carbons (Fsp3) is 0.227. The summed E-state index contributed by atoms with van der Waals surface area (Å²) in [6.45, 7) is 4.11. The number of carbonyl (C=O) groups excluding carboxylic acids is 2. The molecule has 1 amide bonds. The van der Waals surface area contributed by atoms with Gasteiger partial charge in [0.2, 0.25) is 5.91 Å². The van der Waals surface area contributed by atoms with Crippen molar-refractivity contribution in [1.82, 2.24) is 4.98 Å². The Bertz CT molecular complexity index is 984. The Balaban J connectivity index is 1.49. The summed E-state index contributed by atoms with van der Waals surface area (Å²) in [5, 5.41) is 5.80. The molecule has 5 nitrogen and oxygen atoms in total. The summed E-state index contributed by atoms with van der Waals surface area (Å²) >= 11 is 3.10. The van der Waals surface area contributed by atoms with Gasteiger partial charge in [0, 0.05) is 27.9 Å². The van der Waals surface area contributed by atoms with Gasteiger partial charge in [-0.1, -0.05) is 12.1 Å². The predicted octanol–water partition coefficient (Wildman–Crippen LogP) is 5.28. The number of aromatic nitrogens is 1. The molecule has 7 heteroatoms. The first kappa shape index (κ1) is 21.1. The number of nitrogens with one attached hydrogen (secondary N) is 1. The number of nitrogens with zero attached hydrogens (tertiary/aromatic N) is 1. The molecule has 0 saturated heterocycles. The molecule has 0 atom stereocenters. The SMILES string of the molecule is CCOc1ccc(-c2nc(CSCC(=O)Nc3cccc(C(C)=O)c3)cs2)cc1. The van der Waals surface area contributed by atoms with E-state index in [9.17, 15) is 9.59 Å².